The second-order valence-electron chi connectivity index (χ2n) is 6.25. The van der Waals surface area contributed by atoms with Crippen molar-refractivity contribution in [3.63, 3.8) is 0 Å². The summed E-state index contributed by atoms with van der Waals surface area (Å²) in [5.74, 6) is 0.899. The van der Waals surface area contributed by atoms with Crippen molar-refractivity contribution in [3.05, 3.63) is 44.9 Å². The quantitative estimate of drug-likeness (QED) is 0.713. The van der Waals surface area contributed by atoms with Gasteiger partial charge in [-0.25, -0.2) is 4.68 Å². The van der Waals surface area contributed by atoms with Gasteiger partial charge in [0.25, 0.3) is 0 Å². The number of carbonyl (C=O) groups is 1. The molecule has 24 heavy (non-hydrogen) atoms. The predicted molar refractivity (Wildman–Crippen MR) is 97.8 cm³/mol. The fourth-order valence-corrected chi connectivity index (χ4v) is 3.20. The third kappa shape index (κ3) is 4.12. The van der Waals surface area contributed by atoms with Crippen LogP contribution in [-0.2, 0) is 24.6 Å². The molecule has 0 radical (unpaired) electrons. The van der Waals surface area contributed by atoms with Gasteiger partial charge < -0.3 is 5.73 Å². The van der Waals surface area contributed by atoms with E-state index in [9.17, 15) is 4.79 Å². The van der Waals surface area contributed by atoms with Gasteiger partial charge in [0.15, 0.2) is 4.77 Å². The van der Waals surface area contributed by atoms with Crippen LogP contribution in [0.25, 0.3) is 0 Å². The van der Waals surface area contributed by atoms with Gasteiger partial charge in [-0.1, -0.05) is 28.1 Å². The molecular weight excluding hydrogens is 390 g/mol. The molecule has 2 N–H and O–H groups in total. The summed E-state index contributed by atoms with van der Waals surface area (Å²) in [7, 11) is 2.02. The van der Waals surface area contributed by atoms with Crippen LogP contribution in [0, 0.1) is 4.77 Å². The van der Waals surface area contributed by atoms with Crippen LogP contribution in [0.5, 0.6) is 0 Å². The Morgan fingerprint density at radius 2 is 2.08 bits per heavy atom. The lowest BCUT2D eigenvalue weighted by Crippen LogP contribution is -2.23. The Balaban J connectivity index is 1.75. The maximum absolute atomic E-state index is 11.3. The summed E-state index contributed by atoms with van der Waals surface area (Å²) in [6.07, 6.45) is 2.19. The standard InChI is InChI=1S/C16H20BrN5OS/c1-20(8-11-2-6-13(17)7-3-11)10-22-16(24)21(9-14(18)23)15(19-22)12-4-5-12/h2-3,6-7,12H,4-5,8-10H2,1H3,(H2,18,23). The molecule has 2 aromatic rings. The summed E-state index contributed by atoms with van der Waals surface area (Å²) in [6, 6.07) is 8.23. The first-order valence-electron chi connectivity index (χ1n) is 7.83. The molecule has 8 heteroatoms. The van der Waals surface area contributed by atoms with Crippen molar-refractivity contribution in [1.29, 1.82) is 0 Å². The zero-order valence-electron chi connectivity index (χ0n) is 13.5. The molecule has 0 saturated heterocycles. The van der Waals surface area contributed by atoms with Crippen molar-refractivity contribution in [2.45, 2.75) is 38.5 Å². The lowest BCUT2D eigenvalue weighted by molar-refractivity contribution is -0.118. The van der Waals surface area contributed by atoms with Crippen LogP contribution >= 0.6 is 28.1 Å². The molecule has 1 amide bonds. The fraction of sp³-hybridized carbons (Fsp3) is 0.438. The molecular formula is C16H20BrN5OS. The minimum Gasteiger partial charge on any atom is -0.368 e. The Kier molecular flexibility index (Phi) is 5.17. The second kappa shape index (κ2) is 7.16. The van der Waals surface area contributed by atoms with Gasteiger partial charge in [-0.2, -0.15) is 5.10 Å². The Labute approximate surface area is 154 Å². The van der Waals surface area contributed by atoms with Crippen LogP contribution in [-0.4, -0.2) is 32.2 Å². The first kappa shape index (κ1) is 17.3. The van der Waals surface area contributed by atoms with E-state index in [2.05, 4.69) is 38.1 Å². The largest absolute Gasteiger partial charge is 0.368 e. The Bertz CT molecular complexity index is 794. The maximum Gasteiger partial charge on any atom is 0.237 e. The van der Waals surface area contributed by atoms with E-state index in [4.69, 9.17) is 18.0 Å². The van der Waals surface area contributed by atoms with Gasteiger partial charge in [-0.15, -0.1) is 0 Å². The number of primary amides is 1. The topological polar surface area (TPSA) is 69.1 Å². The van der Waals surface area contributed by atoms with Crippen LogP contribution in [0.3, 0.4) is 0 Å². The van der Waals surface area contributed by atoms with Crippen LogP contribution in [0.1, 0.15) is 30.1 Å². The van der Waals surface area contributed by atoms with Crippen LogP contribution in [0.15, 0.2) is 28.7 Å². The first-order chi connectivity index (χ1) is 11.4. The van der Waals surface area contributed by atoms with E-state index in [1.807, 2.05) is 19.2 Å². The Morgan fingerprint density at radius 1 is 1.42 bits per heavy atom. The molecule has 6 nitrogen and oxygen atoms in total. The SMILES string of the molecule is CN(Cc1ccc(Br)cc1)Cn1nc(C2CC2)n(CC(N)=O)c1=S. The summed E-state index contributed by atoms with van der Waals surface area (Å²) in [4.78, 5) is 13.5. The third-order valence-electron chi connectivity index (χ3n) is 3.95. The number of nitrogens with two attached hydrogens (primary N) is 1. The summed E-state index contributed by atoms with van der Waals surface area (Å²) in [5, 5.41) is 4.64. The maximum atomic E-state index is 11.3. The summed E-state index contributed by atoms with van der Waals surface area (Å²) >= 11 is 8.94. The third-order valence-corrected chi connectivity index (χ3v) is 4.91. The summed E-state index contributed by atoms with van der Waals surface area (Å²) in [6.45, 7) is 1.46. The number of carbonyl (C=O) groups excluding carboxylic acids is 1. The van der Waals surface area contributed by atoms with Crippen molar-refractivity contribution >= 4 is 34.1 Å². The van der Waals surface area contributed by atoms with E-state index < -0.39 is 5.91 Å². The highest BCUT2D eigenvalue weighted by Gasteiger charge is 2.30. The number of nitrogens with zero attached hydrogens (tertiary/aromatic N) is 4. The molecule has 1 saturated carbocycles. The molecule has 1 aromatic carbocycles. The monoisotopic (exact) mass is 409 g/mol. The van der Waals surface area contributed by atoms with Crippen LogP contribution < -0.4 is 5.73 Å². The lowest BCUT2D eigenvalue weighted by Gasteiger charge is -2.16. The molecule has 3 rings (SSSR count). The molecule has 1 aromatic heterocycles. The molecule has 1 fully saturated rings. The molecule has 0 spiro atoms. The minimum absolute atomic E-state index is 0.0983. The molecule has 0 aliphatic heterocycles. The van der Waals surface area contributed by atoms with Gasteiger partial charge in [0.2, 0.25) is 5.91 Å². The van der Waals surface area contributed by atoms with Crippen molar-refractivity contribution < 1.29 is 4.79 Å². The zero-order valence-corrected chi connectivity index (χ0v) is 15.9. The van der Waals surface area contributed by atoms with Crippen molar-refractivity contribution in [2.75, 3.05) is 7.05 Å². The number of aromatic nitrogens is 3. The van der Waals surface area contributed by atoms with Gasteiger partial charge in [0.1, 0.15) is 12.4 Å². The molecule has 0 unspecified atom stereocenters. The normalized spacial score (nSPS) is 14.3. The number of rotatable bonds is 7. The number of hydrogen-bond acceptors (Lipinski definition) is 4. The van der Waals surface area contributed by atoms with Gasteiger partial charge in [0, 0.05) is 16.9 Å². The Hall–Kier alpha value is -1.51. The first-order valence-corrected chi connectivity index (χ1v) is 9.03. The van der Waals surface area contributed by atoms with Crippen LogP contribution in [0.4, 0.5) is 0 Å². The van der Waals surface area contributed by atoms with E-state index in [0.29, 0.717) is 17.4 Å². The van der Waals surface area contributed by atoms with Crippen molar-refractivity contribution in [3.8, 4) is 0 Å². The van der Waals surface area contributed by atoms with Gasteiger partial charge in [-0.3, -0.25) is 14.3 Å². The zero-order chi connectivity index (χ0) is 17.3. The average molecular weight is 410 g/mol. The van der Waals surface area contributed by atoms with E-state index in [-0.39, 0.29) is 6.54 Å². The van der Waals surface area contributed by atoms with E-state index in [0.717, 1.165) is 29.7 Å². The molecule has 1 aliphatic carbocycles. The molecule has 0 bridgehead atoms. The van der Waals surface area contributed by atoms with Crippen molar-refractivity contribution in [1.82, 2.24) is 19.2 Å². The predicted octanol–water partition coefficient (Wildman–Crippen LogP) is 2.63. The van der Waals surface area contributed by atoms with Crippen LogP contribution in [0.2, 0.25) is 0 Å². The number of hydrogen-bond donors (Lipinski definition) is 1. The highest BCUT2D eigenvalue weighted by atomic mass is 79.9. The fourth-order valence-electron chi connectivity index (χ4n) is 2.68. The van der Waals surface area contributed by atoms with Gasteiger partial charge >= 0.3 is 0 Å². The molecule has 0 atom stereocenters. The summed E-state index contributed by atoms with van der Waals surface area (Å²) in [5.41, 5.74) is 6.56. The highest BCUT2D eigenvalue weighted by molar-refractivity contribution is 9.10. The minimum atomic E-state index is -0.393. The lowest BCUT2D eigenvalue weighted by atomic mass is 10.2. The smallest absolute Gasteiger partial charge is 0.237 e. The number of halogens is 1. The average Bonchev–Trinajstić information content (AvgIpc) is 3.31. The Morgan fingerprint density at radius 3 is 2.67 bits per heavy atom. The second-order valence-corrected chi connectivity index (χ2v) is 7.53. The highest BCUT2D eigenvalue weighted by Crippen LogP contribution is 2.39. The van der Waals surface area contributed by atoms with Gasteiger partial charge in [-0.05, 0) is 49.8 Å². The summed E-state index contributed by atoms with van der Waals surface area (Å²) < 4.78 is 5.18. The molecule has 1 heterocycles. The number of amides is 1. The number of benzene rings is 1. The van der Waals surface area contributed by atoms with Gasteiger partial charge in [0.05, 0.1) is 6.67 Å². The van der Waals surface area contributed by atoms with Crippen molar-refractivity contribution in [2.24, 2.45) is 5.73 Å². The van der Waals surface area contributed by atoms with E-state index in [1.165, 1.54) is 5.56 Å². The van der Waals surface area contributed by atoms with E-state index in [1.54, 1.807) is 9.25 Å². The molecule has 128 valence electrons. The van der Waals surface area contributed by atoms with E-state index >= 15 is 0 Å². The molecule has 1 aliphatic rings.